The maximum absolute atomic E-state index is 13.4. The molecule has 0 bridgehead atoms. The van der Waals surface area contributed by atoms with Crippen LogP contribution in [0.5, 0.6) is 5.75 Å². The number of hydrogen-bond donors (Lipinski definition) is 2. The molecule has 0 aliphatic heterocycles. The van der Waals surface area contributed by atoms with Crippen molar-refractivity contribution in [2.24, 2.45) is 7.05 Å². The van der Waals surface area contributed by atoms with Gasteiger partial charge in [-0.25, -0.2) is 0 Å². The molecule has 0 fully saturated rings. The first kappa shape index (κ1) is 19.2. The van der Waals surface area contributed by atoms with E-state index in [1.807, 2.05) is 29.8 Å². The van der Waals surface area contributed by atoms with Crippen molar-refractivity contribution in [1.82, 2.24) is 4.57 Å². The predicted octanol–water partition coefficient (Wildman–Crippen LogP) is 2.65. The lowest BCUT2D eigenvalue weighted by Gasteiger charge is -2.34. The van der Waals surface area contributed by atoms with E-state index in [1.165, 1.54) is 0 Å². The van der Waals surface area contributed by atoms with Crippen LogP contribution in [-0.4, -0.2) is 39.9 Å². The lowest BCUT2D eigenvalue weighted by atomic mass is 9.71. The van der Waals surface area contributed by atoms with Crippen LogP contribution in [0.3, 0.4) is 0 Å². The summed E-state index contributed by atoms with van der Waals surface area (Å²) in [6, 6.07) is 12.9. The highest BCUT2D eigenvalue weighted by Crippen LogP contribution is 2.45. The second-order valence-electron chi connectivity index (χ2n) is 7.94. The Morgan fingerprint density at radius 3 is 2.69 bits per heavy atom. The second-order valence-corrected chi connectivity index (χ2v) is 7.94. The van der Waals surface area contributed by atoms with E-state index in [1.54, 1.807) is 18.2 Å². The molecule has 2 N–H and O–H groups in total. The molecule has 1 aliphatic carbocycles. The maximum atomic E-state index is 13.4. The van der Waals surface area contributed by atoms with E-state index < -0.39 is 11.5 Å². The molecule has 3 aromatic rings. The number of carbonyl (C=O) groups is 1. The number of ketones is 1. The van der Waals surface area contributed by atoms with Crippen molar-refractivity contribution in [3.8, 4) is 11.8 Å². The molecule has 1 heterocycles. The second kappa shape index (κ2) is 6.73. The fraction of sp³-hybridized carbons (Fsp3) is 0.304. The number of fused-ring (bicyclic) bond motifs is 4. The van der Waals surface area contributed by atoms with E-state index >= 15 is 0 Å². The number of aliphatic hydroxyl groups is 2. The van der Waals surface area contributed by atoms with Gasteiger partial charge in [0, 0.05) is 29.1 Å². The topological polar surface area (TPSA) is 95.5 Å². The van der Waals surface area contributed by atoms with Crippen LogP contribution in [0.25, 0.3) is 10.9 Å². The Labute approximate surface area is 168 Å². The third kappa shape index (κ3) is 2.82. The van der Waals surface area contributed by atoms with Gasteiger partial charge in [0.1, 0.15) is 18.5 Å². The standard InChI is InChI=1S/C23H22N2O4/c1-23(2)18-9-15(29-12-14(27)11-26)5-7-16(18)21(28)20-17-6-4-13(10-24)8-19(17)25(3)22(20)23/h4-9,14,26-27H,11-12H2,1-3H3/t14-/m0/s1. The number of nitriles is 1. The minimum absolute atomic E-state index is 0.0279. The lowest BCUT2D eigenvalue weighted by Crippen LogP contribution is -2.32. The number of nitrogens with zero attached hydrogens (tertiary/aromatic N) is 2. The molecule has 29 heavy (non-hydrogen) atoms. The monoisotopic (exact) mass is 390 g/mol. The van der Waals surface area contributed by atoms with Crippen LogP contribution >= 0.6 is 0 Å². The van der Waals surface area contributed by atoms with Gasteiger partial charge in [0.05, 0.1) is 29.3 Å². The molecule has 0 saturated heterocycles. The molecule has 2 aromatic carbocycles. The third-order valence-corrected chi connectivity index (χ3v) is 5.71. The molecule has 1 aliphatic rings. The molecule has 6 nitrogen and oxygen atoms in total. The van der Waals surface area contributed by atoms with E-state index in [9.17, 15) is 15.2 Å². The van der Waals surface area contributed by atoms with Gasteiger partial charge in [-0.3, -0.25) is 4.79 Å². The van der Waals surface area contributed by atoms with Gasteiger partial charge in [0.15, 0.2) is 5.78 Å². The van der Waals surface area contributed by atoms with Crippen LogP contribution in [-0.2, 0) is 12.5 Å². The summed E-state index contributed by atoms with van der Waals surface area (Å²) in [7, 11) is 1.92. The van der Waals surface area contributed by atoms with Crippen molar-refractivity contribution in [3.05, 3.63) is 64.3 Å². The Balaban J connectivity index is 1.88. The molecule has 0 radical (unpaired) electrons. The van der Waals surface area contributed by atoms with Crippen LogP contribution in [0.15, 0.2) is 36.4 Å². The zero-order valence-corrected chi connectivity index (χ0v) is 16.6. The van der Waals surface area contributed by atoms with E-state index in [2.05, 4.69) is 19.9 Å². The minimum atomic E-state index is -0.959. The molecule has 0 amide bonds. The summed E-state index contributed by atoms with van der Waals surface area (Å²) in [5.74, 6) is 0.484. The Hall–Kier alpha value is -3.14. The maximum Gasteiger partial charge on any atom is 0.195 e. The Kier molecular flexibility index (Phi) is 4.45. The van der Waals surface area contributed by atoms with E-state index in [4.69, 9.17) is 9.84 Å². The highest BCUT2D eigenvalue weighted by Gasteiger charge is 2.41. The summed E-state index contributed by atoms with van der Waals surface area (Å²) in [6.45, 7) is 3.72. The summed E-state index contributed by atoms with van der Waals surface area (Å²) in [5.41, 5.74) is 3.96. The van der Waals surface area contributed by atoms with E-state index in [0.717, 1.165) is 22.2 Å². The third-order valence-electron chi connectivity index (χ3n) is 5.71. The van der Waals surface area contributed by atoms with Crippen molar-refractivity contribution in [3.63, 3.8) is 0 Å². The number of aryl methyl sites for hydroxylation is 1. The van der Waals surface area contributed by atoms with Gasteiger partial charge < -0.3 is 19.5 Å². The number of hydrogen-bond acceptors (Lipinski definition) is 5. The van der Waals surface area contributed by atoms with Gasteiger partial charge in [0.25, 0.3) is 0 Å². The zero-order valence-electron chi connectivity index (χ0n) is 16.6. The number of benzene rings is 2. The van der Waals surface area contributed by atoms with Crippen molar-refractivity contribution in [2.75, 3.05) is 13.2 Å². The number of aliphatic hydroxyl groups excluding tert-OH is 2. The van der Waals surface area contributed by atoms with Crippen LogP contribution < -0.4 is 4.74 Å². The quantitative estimate of drug-likeness (QED) is 0.714. The van der Waals surface area contributed by atoms with Crippen molar-refractivity contribution in [1.29, 1.82) is 5.26 Å². The van der Waals surface area contributed by atoms with Crippen molar-refractivity contribution >= 4 is 16.7 Å². The first-order valence-electron chi connectivity index (χ1n) is 9.43. The van der Waals surface area contributed by atoms with Gasteiger partial charge in [-0.15, -0.1) is 0 Å². The summed E-state index contributed by atoms with van der Waals surface area (Å²) >= 11 is 0. The summed E-state index contributed by atoms with van der Waals surface area (Å²) in [6.07, 6.45) is -0.959. The van der Waals surface area contributed by atoms with Gasteiger partial charge in [0.2, 0.25) is 0 Å². The van der Waals surface area contributed by atoms with Crippen LogP contribution in [0.2, 0.25) is 0 Å². The van der Waals surface area contributed by atoms with Crippen LogP contribution in [0, 0.1) is 11.3 Å². The average Bonchev–Trinajstić information content (AvgIpc) is 3.03. The molecular formula is C23H22N2O4. The predicted molar refractivity (Wildman–Crippen MR) is 108 cm³/mol. The van der Waals surface area contributed by atoms with Crippen molar-refractivity contribution < 1.29 is 19.7 Å². The Morgan fingerprint density at radius 1 is 1.24 bits per heavy atom. The molecule has 1 atom stereocenters. The van der Waals surface area contributed by atoms with E-state index in [-0.39, 0.29) is 19.0 Å². The van der Waals surface area contributed by atoms with Gasteiger partial charge in [-0.2, -0.15) is 5.26 Å². The zero-order chi connectivity index (χ0) is 20.9. The smallest absolute Gasteiger partial charge is 0.195 e. The fourth-order valence-corrected chi connectivity index (χ4v) is 4.30. The van der Waals surface area contributed by atoms with Gasteiger partial charge in [-0.05, 0) is 35.9 Å². The van der Waals surface area contributed by atoms with Gasteiger partial charge >= 0.3 is 0 Å². The molecule has 6 heteroatoms. The Morgan fingerprint density at radius 2 is 2.00 bits per heavy atom. The molecule has 0 unspecified atom stereocenters. The molecule has 148 valence electrons. The minimum Gasteiger partial charge on any atom is -0.491 e. The highest BCUT2D eigenvalue weighted by atomic mass is 16.5. The summed E-state index contributed by atoms with van der Waals surface area (Å²) in [5, 5.41) is 28.6. The number of aromatic nitrogens is 1. The number of carbonyl (C=O) groups excluding carboxylic acids is 1. The highest BCUT2D eigenvalue weighted by molar-refractivity contribution is 6.20. The number of rotatable bonds is 4. The summed E-state index contributed by atoms with van der Waals surface area (Å²) < 4.78 is 7.59. The molecular weight excluding hydrogens is 368 g/mol. The first-order chi connectivity index (χ1) is 13.8. The molecule has 0 saturated carbocycles. The largest absolute Gasteiger partial charge is 0.491 e. The normalized spacial score (nSPS) is 15.5. The molecule has 4 rings (SSSR count). The summed E-state index contributed by atoms with van der Waals surface area (Å²) in [4.78, 5) is 13.4. The lowest BCUT2D eigenvalue weighted by molar-refractivity contribution is 0.0535. The molecule has 1 aromatic heterocycles. The fourth-order valence-electron chi connectivity index (χ4n) is 4.30. The molecule has 0 spiro atoms. The Bertz CT molecular complexity index is 1180. The SMILES string of the molecule is Cn1c2c(c3ccc(C#N)cc31)C(=O)c1ccc(OC[C@@H](O)CO)cc1C2(C)C. The first-order valence-corrected chi connectivity index (χ1v) is 9.43. The van der Waals surface area contributed by atoms with Gasteiger partial charge in [-0.1, -0.05) is 19.9 Å². The van der Waals surface area contributed by atoms with E-state index in [0.29, 0.717) is 22.4 Å². The van der Waals surface area contributed by atoms with Crippen LogP contribution in [0.1, 0.15) is 46.6 Å². The van der Waals surface area contributed by atoms with Crippen molar-refractivity contribution in [2.45, 2.75) is 25.4 Å². The number of ether oxygens (including phenoxy) is 1. The van der Waals surface area contributed by atoms with Crippen LogP contribution in [0.4, 0.5) is 0 Å². The average molecular weight is 390 g/mol.